The molecule has 1 amide bonds. The minimum absolute atomic E-state index is 0.00126. The fourth-order valence-electron chi connectivity index (χ4n) is 2.76. The zero-order chi connectivity index (χ0) is 17.6. The fraction of sp³-hybridized carbons (Fsp3) is 0.118. The molecule has 2 heterocycles. The molecule has 0 fully saturated rings. The number of hydrogen-bond donors (Lipinski definition) is 0. The molecule has 0 spiro atoms. The van der Waals surface area contributed by atoms with E-state index in [9.17, 15) is 13.2 Å². The number of aryl methyl sites for hydroxylation is 1. The van der Waals surface area contributed by atoms with Crippen molar-refractivity contribution >= 4 is 15.9 Å². The standard InChI is InChI=1S/C17H13N3O4S/c1-11-6-2-3-7-12(11)16-18-15(24-19-16)10-20-17(21)13-8-4-5-9-14(13)25(20,22)23/h2-9H,10H2,1H3. The molecule has 0 unspecified atom stereocenters. The van der Waals surface area contributed by atoms with Gasteiger partial charge in [-0.2, -0.15) is 4.98 Å². The molecule has 0 bridgehead atoms. The zero-order valence-electron chi connectivity index (χ0n) is 13.2. The van der Waals surface area contributed by atoms with Gasteiger partial charge in [-0.1, -0.05) is 41.6 Å². The van der Waals surface area contributed by atoms with Crippen molar-refractivity contribution in [2.75, 3.05) is 0 Å². The van der Waals surface area contributed by atoms with Gasteiger partial charge in [0.15, 0.2) is 0 Å². The molecule has 1 aromatic heterocycles. The predicted molar refractivity (Wildman–Crippen MR) is 88.0 cm³/mol. The normalized spacial score (nSPS) is 15.4. The van der Waals surface area contributed by atoms with E-state index in [1.54, 1.807) is 12.1 Å². The van der Waals surface area contributed by atoms with Gasteiger partial charge in [0.2, 0.25) is 11.7 Å². The van der Waals surface area contributed by atoms with Crippen LogP contribution < -0.4 is 0 Å². The lowest BCUT2D eigenvalue weighted by Gasteiger charge is -2.11. The van der Waals surface area contributed by atoms with Crippen LogP contribution in [0.4, 0.5) is 0 Å². The molecule has 0 N–H and O–H groups in total. The van der Waals surface area contributed by atoms with Crippen LogP contribution in [0.5, 0.6) is 0 Å². The summed E-state index contributed by atoms with van der Waals surface area (Å²) in [6.07, 6.45) is 0. The molecule has 2 aromatic carbocycles. The topological polar surface area (TPSA) is 93.4 Å². The van der Waals surface area contributed by atoms with E-state index in [-0.39, 0.29) is 22.9 Å². The van der Waals surface area contributed by atoms with Crippen LogP contribution >= 0.6 is 0 Å². The van der Waals surface area contributed by atoms with Crippen LogP contribution in [0.2, 0.25) is 0 Å². The van der Waals surface area contributed by atoms with Gasteiger partial charge in [-0.05, 0) is 24.6 Å². The Hall–Kier alpha value is -3.00. The van der Waals surface area contributed by atoms with E-state index in [4.69, 9.17) is 4.52 Å². The second-order valence-corrected chi connectivity index (χ2v) is 7.47. The van der Waals surface area contributed by atoms with Gasteiger partial charge in [0.1, 0.15) is 11.4 Å². The van der Waals surface area contributed by atoms with Crippen LogP contribution in [0.15, 0.2) is 57.9 Å². The number of aromatic nitrogens is 2. The minimum Gasteiger partial charge on any atom is -0.337 e. The summed E-state index contributed by atoms with van der Waals surface area (Å²) >= 11 is 0. The van der Waals surface area contributed by atoms with Gasteiger partial charge in [-0.25, -0.2) is 12.7 Å². The molecule has 0 aliphatic carbocycles. The highest BCUT2D eigenvalue weighted by atomic mass is 32.2. The quantitative estimate of drug-likeness (QED) is 0.716. The monoisotopic (exact) mass is 355 g/mol. The molecule has 1 aliphatic rings. The first kappa shape index (κ1) is 15.5. The number of nitrogens with zero attached hydrogens (tertiary/aromatic N) is 3. The molecular weight excluding hydrogens is 342 g/mol. The van der Waals surface area contributed by atoms with Crippen molar-refractivity contribution in [3.63, 3.8) is 0 Å². The average molecular weight is 355 g/mol. The Morgan fingerprint density at radius 1 is 1.04 bits per heavy atom. The molecule has 0 saturated carbocycles. The van der Waals surface area contributed by atoms with Crippen molar-refractivity contribution in [2.45, 2.75) is 18.4 Å². The summed E-state index contributed by atoms with van der Waals surface area (Å²) in [5.74, 6) is -0.177. The molecule has 3 aromatic rings. The van der Waals surface area contributed by atoms with Gasteiger partial charge >= 0.3 is 0 Å². The molecule has 1 aliphatic heterocycles. The van der Waals surface area contributed by atoms with Gasteiger partial charge in [0.25, 0.3) is 15.9 Å². The summed E-state index contributed by atoms with van der Waals surface area (Å²) in [5, 5.41) is 3.89. The molecule has 0 saturated heterocycles. The van der Waals surface area contributed by atoms with Crippen LogP contribution in [0.3, 0.4) is 0 Å². The molecule has 126 valence electrons. The zero-order valence-corrected chi connectivity index (χ0v) is 14.0. The van der Waals surface area contributed by atoms with E-state index >= 15 is 0 Å². The van der Waals surface area contributed by atoms with Crippen molar-refractivity contribution in [1.82, 2.24) is 14.4 Å². The number of sulfonamides is 1. The van der Waals surface area contributed by atoms with E-state index in [1.165, 1.54) is 12.1 Å². The third-order valence-corrected chi connectivity index (χ3v) is 5.83. The maximum absolute atomic E-state index is 12.5. The lowest BCUT2D eigenvalue weighted by molar-refractivity contribution is 0.0855. The van der Waals surface area contributed by atoms with E-state index in [0.717, 1.165) is 15.4 Å². The number of amides is 1. The largest absolute Gasteiger partial charge is 0.337 e. The van der Waals surface area contributed by atoms with Crippen molar-refractivity contribution in [2.24, 2.45) is 0 Å². The molecule has 4 rings (SSSR count). The summed E-state index contributed by atoms with van der Waals surface area (Å²) < 4.78 is 31.0. The summed E-state index contributed by atoms with van der Waals surface area (Å²) in [6.45, 7) is 1.62. The third kappa shape index (κ3) is 2.42. The Morgan fingerprint density at radius 2 is 1.72 bits per heavy atom. The van der Waals surface area contributed by atoms with Gasteiger partial charge < -0.3 is 4.52 Å². The maximum Gasteiger partial charge on any atom is 0.269 e. The Labute approximate surface area is 144 Å². The molecule has 0 atom stereocenters. The van der Waals surface area contributed by atoms with Crippen molar-refractivity contribution in [1.29, 1.82) is 0 Å². The lowest BCUT2D eigenvalue weighted by atomic mass is 10.1. The van der Waals surface area contributed by atoms with Gasteiger partial charge in [-0.3, -0.25) is 4.79 Å². The predicted octanol–water partition coefficient (Wildman–Crippen LogP) is 2.39. The number of fused-ring (bicyclic) bond motifs is 1. The van der Waals surface area contributed by atoms with E-state index in [0.29, 0.717) is 5.82 Å². The van der Waals surface area contributed by atoms with E-state index < -0.39 is 15.9 Å². The van der Waals surface area contributed by atoms with Crippen LogP contribution in [0.1, 0.15) is 21.8 Å². The van der Waals surface area contributed by atoms with E-state index in [1.807, 2.05) is 31.2 Å². The molecule has 0 radical (unpaired) electrons. The van der Waals surface area contributed by atoms with Gasteiger partial charge in [-0.15, -0.1) is 0 Å². The van der Waals surface area contributed by atoms with Gasteiger partial charge in [0.05, 0.1) is 5.56 Å². The molecular formula is C17H13N3O4S. The highest BCUT2D eigenvalue weighted by molar-refractivity contribution is 7.90. The first-order chi connectivity index (χ1) is 12.0. The Kier molecular flexibility index (Phi) is 3.43. The Bertz CT molecular complexity index is 1090. The Morgan fingerprint density at radius 3 is 2.44 bits per heavy atom. The van der Waals surface area contributed by atoms with Crippen LogP contribution in [-0.2, 0) is 16.6 Å². The number of hydrogen-bond acceptors (Lipinski definition) is 6. The first-order valence-corrected chi connectivity index (χ1v) is 8.97. The number of carbonyl (C=O) groups is 1. The third-order valence-electron chi connectivity index (χ3n) is 4.04. The highest BCUT2D eigenvalue weighted by Crippen LogP contribution is 2.31. The summed E-state index contributed by atoms with van der Waals surface area (Å²) in [4.78, 5) is 16.6. The summed E-state index contributed by atoms with van der Waals surface area (Å²) in [5.41, 5.74) is 1.91. The van der Waals surface area contributed by atoms with Crippen LogP contribution in [-0.4, -0.2) is 28.8 Å². The maximum atomic E-state index is 12.5. The lowest BCUT2D eigenvalue weighted by Crippen LogP contribution is -2.29. The van der Waals surface area contributed by atoms with Crippen molar-refractivity contribution in [3.05, 3.63) is 65.5 Å². The van der Waals surface area contributed by atoms with E-state index in [2.05, 4.69) is 10.1 Å². The Balaban J connectivity index is 1.67. The molecule has 7 nitrogen and oxygen atoms in total. The average Bonchev–Trinajstić information content (AvgIpc) is 3.14. The number of rotatable bonds is 3. The second-order valence-electron chi connectivity index (χ2n) is 5.64. The van der Waals surface area contributed by atoms with Crippen molar-refractivity contribution < 1.29 is 17.7 Å². The van der Waals surface area contributed by atoms with Crippen molar-refractivity contribution in [3.8, 4) is 11.4 Å². The van der Waals surface area contributed by atoms with Crippen LogP contribution in [0.25, 0.3) is 11.4 Å². The first-order valence-electron chi connectivity index (χ1n) is 7.53. The highest BCUT2D eigenvalue weighted by Gasteiger charge is 2.41. The number of carbonyl (C=O) groups excluding carboxylic acids is 1. The summed E-state index contributed by atoms with van der Waals surface area (Å²) in [6, 6.07) is 13.6. The molecule has 8 heteroatoms. The smallest absolute Gasteiger partial charge is 0.269 e. The number of benzene rings is 2. The summed E-state index contributed by atoms with van der Waals surface area (Å²) in [7, 11) is -3.90. The minimum atomic E-state index is -3.90. The van der Waals surface area contributed by atoms with Gasteiger partial charge in [0, 0.05) is 5.56 Å². The van der Waals surface area contributed by atoms with Crippen LogP contribution in [0, 0.1) is 6.92 Å². The second kappa shape index (κ2) is 5.52. The molecule has 25 heavy (non-hydrogen) atoms. The SMILES string of the molecule is Cc1ccccc1-c1noc(CN2C(=O)c3ccccc3S2(=O)=O)n1. The fourth-order valence-corrected chi connectivity index (χ4v) is 4.28.